The molecule has 1 saturated carbocycles. The van der Waals surface area contributed by atoms with E-state index in [-0.39, 0.29) is 18.6 Å². The minimum absolute atomic E-state index is 0.00820. The maximum Gasteiger partial charge on any atom is 0.254 e. The van der Waals surface area contributed by atoms with Crippen LogP contribution in [0.3, 0.4) is 0 Å². The Morgan fingerprint density at radius 1 is 1.45 bits per heavy atom. The van der Waals surface area contributed by atoms with Gasteiger partial charge in [-0.25, -0.2) is 0 Å². The van der Waals surface area contributed by atoms with Crippen LogP contribution in [0.25, 0.3) is 0 Å². The van der Waals surface area contributed by atoms with Crippen LogP contribution in [0.2, 0.25) is 0 Å². The van der Waals surface area contributed by atoms with Crippen LogP contribution in [-0.4, -0.2) is 41.7 Å². The smallest absolute Gasteiger partial charge is 0.254 e. The van der Waals surface area contributed by atoms with Gasteiger partial charge in [-0.2, -0.15) is 0 Å². The third-order valence-electron chi connectivity index (χ3n) is 3.67. The molecule has 0 radical (unpaired) electrons. The van der Waals surface area contributed by atoms with Crippen molar-refractivity contribution in [2.45, 2.75) is 38.6 Å². The minimum atomic E-state index is -0.00861. The number of carbonyl (C=O) groups is 1. The van der Waals surface area contributed by atoms with Gasteiger partial charge in [0, 0.05) is 18.2 Å². The number of carbonyl (C=O) groups excluding carboxylic acids is 1. The van der Waals surface area contributed by atoms with Crippen LogP contribution in [0.5, 0.6) is 5.75 Å². The molecule has 1 aromatic rings. The number of amides is 1. The van der Waals surface area contributed by atoms with Crippen molar-refractivity contribution < 1.29 is 14.6 Å². The topological polar surface area (TPSA) is 49.8 Å². The van der Waals surface area contributed by atoms with E-state index in [0.29, 0.717) is 18.7 Å². The van der Waals surface area contributed by atoms with Gasteiger partial charge in [-0.05, 0) is 43.9 Å². The van der Waals surface area contributed by atoms with Gasteiger partial charge in [0.1, 0.15) is 5.75 Å². The molecule has 110 valence electrons. The first kappa shape index (κ1) is 14.9. The number of nitrogens with zero attached hydrogens (tertiary/aromatic N) is 1. The molecule has 1 amide bonds. The average molecular weight is 277 g/mol. The number of aliphatic hydroxyl groups is 1. The molecule has 0 spiro atoms. The monoisotopic (exact) mass is 277 g/mol. The van der Waals surface area contributed by atoms with Gasteiger partial charge in [0.05, 0.1) is 13.2 Å². The van der Waals surface area contributed by atoms with E-state index in [9.17, 15) is 4.79 Å². The summed E-state index contributed by atoms with van der Waals surface area (Å²) in [7, 11) is 0. The lowest BCUT2D eigenvalue weighted by atomic mass is 9.91. The molecule has 0 unspecified atom stereocenters. The molecule has 2 rings (SSSR count). The van der Waals surface area contributed by atoms with E-state index in [1.54, 1.807) is 11.0 Å². The van der Waals surface area contributed by atoms with E-state index in [0.717, 1.165) is 25.0 Å². The van der Waals surface area contributed by atoms with Gasteiger partial charge < -0.3 is 14.7 Å². The third-order valence-corrected chi connectivity index (χ3v) is 3.67. The molecule has 0 aromatic heterocycles. The predicted octanol–water partition coefficient (Wildman–Crippen LogP) is 2.46. The highest BCUT2D eigenvalue weighted by atomic mass is 16.5. The molecule has 4 heteroatoms. The Morgan fingerprint density at radius 2 is 2.25 bits per heavy atom. The second-order valence-electron chi connectivity index (χ2n) is 5.18. The normalized spacial score (nSPS) is 14.7. The fourth-order valence-electron chi connectivity index (χ4n) is 2.36. The van der Waals surface area contributed by atoms with Gasteiger partial charge in [-0.3, -0.25) is 4.79 Å². The van der Waals surface area contributed by atoms with Crippen molar-refractivity contribution in [3.8, 4) is 5.75 Å². The average Bonchev–Trinajstić information content (AvgIpc) is 2.42. The lowest BCUT2D eigenvalue weighted by molar-refractivity contribution is 0.0525. The van der Waals surface area contributed by atoms with E-state index in [4.69, 9.17) is 9.84 Å². The molecule has 0 aliphatic heterocycles. The fraction of sp³-hybridized carbons (Fsp3) is 0.562. The summed E-state index contributed by atoms with van der Waals surface area (Å²) in [4.78, 5) is 14.3. The minimum Gasteiger partial charge on any atom is -0.494 e. The van der Waals surface area contributed by atoms with Crippen LogP contribution in [0.4, 0.5) is 0 Å². The van der Waals surface area contributed by atoms with Crippen LogP contribution in [0.15, 0.2) is 24.3 Å². The van der Waals surface area contributed by atoms with E-state index < -0.39 is 0 Å². The predicted molar refractivity (Wildman–Crippen MR) is 78.0 cm³/mol. The van der Waals surface area contributed by atoms with Crippen molar-refractivity contribution >= 4 is 5.91 Å². The number of hydrogen-bond donors (Lipinski definition) is 1. The fourth-order valence-corrected chi connectivity index (χ4v) is 2.36. The summed E-state index contributed by atoms with van der Waals surface area (Å²) in [6.45, 7) is 3.12. The van der Waals surface area contributed by atoms with Gasteiger partial charge in [-0.1, -0.05) is 13.0 Å². The summed E-state index contributed by atoms with van der Waals surface area (Å²) in [5, 5.41) is 9.15. The molecule has 1 aliphatic carbocycles. The highest BCUT2D eigenvalue weighted by Gasteiger charge is 2.29. The van der Waals surface area contributed by atoms with Gasteiger partial charge in [0.15, 0.2) is 0 Å². The second-order valence-corrected chi connectivity index (χ2v) is 5.18. The Morgan fingerprint density at radius 3 is 2.85 bits per heavy atom. The number of rotatable bonds is 7. The van der Waals surface area contributed by atoms with Crippen molar-refractivity contribution in [1.29, 1.82) is 0 Å². The Labute approximate surface area is 120 Å². The van der Waals surface area contributed by atoms with Crippen LogP contribution >= 0.6 is 0 Å². The van der Waals surface area contributed by atoms with Crippen LogP contribution in [-0.2, 0) is 0 Å². The third kappa shape index (κ3) is 3.51. The lowest BCUT2D eigenvalue weighted by Gasteiger charge is -2.37. The van der Waals surface area contributed by atoms with Crippen molar-refractivity contribution in [2.75, 3.05) is 19.8 Å². The summed E-state index contributed by atoms with van der Waals surface area (Å²) in [5.41, 5.74) is 0.638. The molecule has 4 nitrogen and oxygen atoms in total. The Bertz CT molecular complexity index is 443. The van der Waals surface area contributed by atoms with E-state index in [1.165, 1.54) is 6.42 Å². The molecule has 1 aromatic carbocycles. The van der Waals surface area contributed by atoms with E-state index in [2.05, 4.69) is 6.92 Å². The van der Waals surface area contributed by atoms with Crippen LogP contribution in [0.1, 0.15) is 43.0 Å². The number of benzene rings is 1. The van der Waals surface area contributed by atoms with Crippen molar-refractivity contribution in [2.24, 2.45) is 0 Å². The Balaban J connectivity index is 2.09. The molecule has 1 fully saturated rings. The molecule has 0 bridgehead atoms. The zero-order valence-corrected chi connectivity index (χ0v) is 12.0. The molecule has 1 aliphatic rings. The number of aliphatic hydroxyl groups excluding tert-OH is 1. The lowest BCUT2D eigenvalue weighted by Crippen LogP contribution is -2.45. The maximum absolute atomic E-state index is 12.6. The van der Waals surface area contributed by atoms with E-state index in [1.807, 2.05) is 18.2 Å². The second kappa shape index (κ2) is 7.29. The Hall–Kier alpha value is -1.55. The maximum atomic E-state index is 12.6. The summed E-state index contributed by atoms with van der Waals surface area (Å²) >= 11 is 0. The Kier molecular flexibility index (Phi) is 5.41. The zero-order chi connectivity index (χ0) is 14.4. The summed E-state index contributed by atoms with van der Waals surface area (Å²) in [5.74, 6) is 0.723. The standard InChI is InChI=1S/C16H23NO3/c1-2-11-20-15-8-3-5-13(12-15)16(19)17(9-10-18)14-6-4-7-14/h3,5,8,12,14,18H,2,4,6-7,9-11H2,1H3. The number of ether oxygens (including phenoxy) is 1. The van der Waals surface area contributed by atoms with Crippen molar-refractivity contribution in [1.82, 2.24) is 4.90 Å². The molecule has 20 heavy (non-hydrogen) atoms. The summed E-state index contributed by atoms with van der Waals surface area (Å²) in [6, 6.07) is 7.60. The zero-order valence-electron chi connectivity index (χ0n) is 12.0. The van der Waals surface area contributed by atoms with Crippen molar-refractivity contribution in [3.63, 3.8) is 0 Å². The van der Waals surface area contributed by atoms with Crippen molar-refractivity contribution in [3.05, 3.63) is 29.8 Å². The van der Waals surface area contributed by atoms with E-state index >= 15 is 0 Å². The number of hydrogen-bond acceptors (Lipinski definition) is 3. The summed E-state index contributed by atoms with van der Waals surface area (Å²) in [6.07, 6.45) is 4.19. The first-order valence-electron chi connectivity index (χ1n) is 7.41. The van der Waals surface area contributed by atoms with Gasteiger partial charge >= 0.3 is 0 Å². The highest BCUT2D eigenvalue weighted by Crippen LogP contribution is 2.26. The first-order chi connectivity index (χ1) is 9.76. The van der Waals surface area contributed by atoms with Gasteiger partial charge in [0.2, 0.25) is 0 Å². The van der Waals surface area contributed by atoms with Crippen LogP contribution < -0.4 is 4.74 Å². The summed E-state index contributed by atoms with van der Waals surface area (Å²) < 4.78 is 5.57. The molecular formula is C16H23NO3. The SMILES string of the molecule is CCCOc1cccc(C(=O)N(CCO)C2CCC2)c1. The molecule has 0 saturated heterocycles. The molecular weight excluding hydrogens is 254 g/mol. The molecule has 1 N–H and O–H groups in total. The molecule has 0 heterocycles. The molecule has 0 atom stereocenters. The largest absolute Gasteiger partial charge is 0.494 e. The first-order valence-corrected chi connectivity index (χ1v) is 7.41. The highest BCUT2D eigenvalue weighted by molar-refractivity contribution is 5.94. The quantitative estimate of drug-likeness (QED) is 0.833. The van der Waals surface area contributed by atoms with Crippen LogP contribution in [0, 0.1) is 0 Å². The van der Waals surface area contributed by atoms with Gasteiger partial charge in [-0.15, -0.1) is 0 Å². The van der Waals surface area contributed by atoms with Gasteiger partial charge in [0.25, 0.3) is 5.91 Å².